The van der Waals surface area contributed by atoms with Gasteiger partial charge in [0.2, 0.25) is 0 Å². The summed E-state index contributed by atoms with van der Waals surface area (Å²) in [6, 6.07) is 1.60. The molecule has 0 aromatic carbocycles. The molecule has 0 aliphatic heterocycles. The molecule has 1 rings (SSSR count). The highest BCUT2D eigenvalue weighted by molar-refractivity contribution is 4.85. The third kappa shape index (κ3) is 3.58. The molecule has 2 atom stereocenters. The van der Waals surface area contributed by atoms with Gasteiger partial charge in [-0.25, -0.2) is 0 Å². The number of rotatable bonds is 5. The van der Waals surface area contributed by atoms with E-state index in [0.29, 0.717) is 0 Å². The highest BCUT2D eigenvalue weighted by Gasteiger charge is 2.26. The Morgan fingerprint density at radius 1 is 1.36 bits per heavy atom. The Labute approximate surface area is 89.1 Å². The normalized spacial score (nSPS) is 27.9. The molecule has 84 valence electrons. The molecular weight excluding hydrogens is 172 g/mol. The Hall–Kier alpha value is -0.0800. The van der Waals surface area contributed by atoms with Crippen LogP contribution in [0.3, 0.4) is 0 Å². The van der Waals surface area contributed by atoms with Crippen LogP contribution in [-0.2, 0) is 0 Å². The van der Waals surface area contributed by atoms with Gasteiger partial charge in [0, 0.05) is 18.6 Å². The van der Waals surface area contributed by atoms with Gasteiger partial charge in [0.25, 0.3) is 0 Å². The Balaban J connectivity index is 2.26. The Bertz CT molecular complexity index is 156. The lowest BCUT2D eigenvalue weighted by atomic mass is 10.1. The summed E-state index contributed by atoms with van der Waals surface area (Å²) in [5, 5.41) is 3.56. The molecule has 1 N–H and O–H groups in total. The first kappa shape index (κ1) is 12.0. The van der Waals surface area contributed by atoms with Gasteiger partial charge in [-0.05, 0) is 38.8 Å². The monoisotopic (exact) mass is 198 g/mol. The average Bonchev–Trinajstić information content (AvgIpc) is 2.52. The maximum Gasteiger partial charge on any atom is 0.0108 e. The molecule has 1 saturated carbocycles. The molecule has 2 nitrogen and oxygen atoms in total. The fourth-order valence-corrected chi connectivity index (χ4v) is 2.56. The quantitative estimate of drug-likeness (QED) is 0.728. The number of hydrogen-bond acceptors (Lipinski definition) is 2. The van der Waals surface area contributed by atoms with E-state index in [2.05, 4.69) is 38.0 Å². The molecule has 0 aromatic rings. The van der Waals surface area contributed by atoms with E-state index in [9.17, 15) is 0 Å². The first-order valence-electron chi connectivity index (χ1n) is 6.07. The molecule has 0 bridgehead atoms. The van der Waals surface area contributed by atoms with E-state index in [1.54, 1.807) is 0 Å². The van der Waals surface area contributed by atoms with Crippen LogP contribution in [-0.4, -0.2) is 37.1 Å². The molecule has 1 aliphatic rings. The van der Waals surface area contributed by atoms with Crippen molar-refractivity contribution in [3.8, 4) is 0 Å². The fourth-order valence-electron chi connectivity index (χ4n) is 2.56. The first-order valence-corrected chi connectivity index (χ1v) is 6.07. The van der Waals surface area contributed by atoms with Crippen molar-refractivity contribution in [2.75, 3.05) is 20.1 Å². The predicted octanol–water partition coefficient (Wildman–Crippen LogP) is 2.10. The molecule has 2 unspecified atom stereocenters. The van der Waals surface area contributed by atoms with Crippen LogP contribution in [0.15, 0.2) is 0 Å². The summed E-state index contributed by atoms with van der Waals surface area (Å²) in [4.78, 5) is 2.54. The largest absolute Gasteiger partial charge is 0.314 e. The van der Waals surface area contributed by atoms with Gasteiger partial charge < -0.3 is 10.2 Å². The standard InChI is InChI=1S/C12H26N2/c1-5-13-11-6-7-12(8-11)14(4)9-10(2)3/h10-13H,5-9H2,1-4H3. The molecule has 0 spiro atoms. The van der Waals surface area contributed by atoms with Gasteiger partial charge >= 0.3 is 0 Å². The highest BCUT2D eigenvalue weighted by atomic mass is 15.1. The average molecular weight is 198 g/mol. The second-order valence-electron chi connectivity index (χ2n) is 5.05. The highest BCUT2D eigenvalue weighted by Crippen LogP contribution is 2.23. The lowest BCUT2D eigenvalue weighted by molar-refractivity contribution is 0.217. The minimum atomic E-state index is 0.777. The Morgan fingerprint density at radius 3 is 2.64 bits per heavy atom. The van der Waals surface area contributed by atoms with E-state index in [1.165, 1.54) is 25.8 Å². The number of nitrogens with one attached hydrogen (secondary N) is 1. The Kier molecular flexibility index (Phi) is 4.90. The first-order chi connectivity index (χ1) is 6.63. The van der Waals surface area contributed by atoms with Crippen LogP contribution in [0.1, 0.15) is 40.0 Å². The van der Waals surface area contributed by atoms with E-state index in [4.69, 9.17) is 0 Å². The van der Waals surface area contributed by atoms with Gasteiger partial charge in [0.1, 0.15) is 0 Å². The van der Waals surface area contributed by atoms with Crippen LogP contribution in [0, 0.1) is 5.92 Å². The fraction of sp³-hybridized carbons (Fsp3) is 1.00. The third-order valence-corrected chi connectivity index (χ3v) is 3.17. The van der Waals surface area contributed by atoms with Crippen molar-refractivity contribution in [1.29, 1.82) is 0 Å². The van der Waals surface area contributed by atoms with Crippen LogP contribution >= 0.6 is 0 Å². The number of nitrogens with zero attached hydrogens (tertiary/aromatic N) is 1. The minimum absolute atomic E-state index is 0.777. The molecule has 0 saturated heterocycles. The second kappa shape index (κ2) is 5.72. The predicted molar refractivity (Wildman–Crippen MR) is 62.6 cm³/mol. The Morgan fingerprint density at radius 2 is 2.07 bits per heavy atom. The van der Waals surface area contributed by atoms with Gasteiger partial charge in [-0.2, -0.15) is 0 Å². The summed E-state index contributed by atoms with van der Waals surface area (Å²) in [7, 11) is 2.28. The summed E-state index contributed by atoms with van der Waals surface area (Å²) >= 11 is 0. The van der Waals surface area contributed by atoms with Crippen LogP contribution in [0.5, 0.6) is 0 Å². The van der Waals surface area contributed by atoms with Crippen molar-refractivity contribution in [3.63, 3.8) is 0 Å². The molecule has 0 radical (unpaired) electrons. The van der Waals surface area contributed by atoms with E-state index in [1.807, 2.05) is 0 Å². The van der Waals surface area contributed by atoms with Crippen molar-refractivity contribution in [2.24, 2.45) is 5.92 Å². The summed E-state index contributed by atoms with van der Waals surface area (Å²) < 4.78 is 0. The van der Waals surface area contributed by atoms with Crippen molar-refractivity contribution in [3.05, 3.63) is 0 Å². The maximum atomic E-state index is 3.56. The lowest BCUT2D eigenvalue weighted by Gasteiger charge is -2.26. The number of hydrogen-bond donors (Lipinski definition) is 1. The summed E-state index contributed by atoms with van der Waals surface area (Å²) in [5.74, 6) is 0.790. The molecule has 0 amide bonds. The molecule has 1 fully saturated rings. The summed E-state index contributed by atoms with van der Waals surface area (Å²) in [6.45, 7) is 9.15. The van der Waals surface area contributed by atoms with Crippen molar-refractivity contribution in [1.82, 2.24) is 10.2 Å². The zero-order valence-corrected chi connectivity index (χ0v) is 10.2. The maximum absolute atomic E-state index is 3.56. The van der Waals surface area contributed by atoms with Gasteiger partial charge in [-0.15, -0.1) is 0 Å². The zero-order valence-electron chi connectivity index (χ0n) is 10.2. The summed E-state index contributed by atoms with van der Waals surface area (Å²) in [6.07, 6.45) is 4.08. The smallest absolute Gasteiger partial charge is 0.0108 e. The molecule has 14 heavy (non-hydrogen) atoms. The van der Waals surface area contributed by atoms with E-state index in [-0.39, 0.29) is 0 Å². The molecule has 0 aromatic heterocycles. The lowest BCUT2D eigenvalue weighted by Crippen LogP contribution is -2.34. The zero-order chi connectivity index (χ0) is 10.6. The van der Waals surface area contributed by atoms with Crippen molar-refractivity contribution < 1.29 is 0 Å². The molecule has 1 aliphatic carbocycles. The minimum Gasteiger partial charge on any atom is -0.314 e. The van der Waals surface area contributed by atoms with Crippen molar-refractivity contribution in [2.45, 2.75) is 52.1 Å². The van der Waals surface area contributed by atoms with Gasteiger partial charge in [0.15, 0.2) is 0 Å². The second-order valence-corrected chi connectivity index (χ2v) is 5.05. The summed E-state index contributed by atoms with van der Waals surface area (Å²) in [5.41, 5.74) is 0. The van der Waals surface area contributed by atoms with Crippen LogP contribution in [0.4, 0.5) is 0 Å². The van der Waals surface area contributed by atoms with E-state index in [0.717, 1.165) is 24.5 Å². The van der Waals surface area contributed by atoms with Gasteiger partial charge in [-0.1, -0.05) is 20.8 Å². The molecular formula is C12H26N2. The van der Waals surface area contributed by atoms with Crippen LogP contribution < -0.4 is 5.32 Å². The van der Waals surface area contributed by atoms with Crippen molar-refractivity contribution >= 4 is 0 Å². The van der Waals surface area contributed by atoms with E-state index >= 15 is 0 Å². The topological polar surface area (TPSA) is 15.3 Å². The van der Waals surface area contributed by atoms with E-state index < -0.39 is 0 Å². The molecule has 0 heterocycles. The van der Waals surface area contributed by atoms with Crippen LogP contribution in [0.2, 0.25) is 0 Å². The molecule has 2 heteroatoms. The third-order valence-electron chi connectivity index (χ3n) is 3.17. The van der Waals surface area contributed by atoms with Crippen LogP contribution in [0.25, 0.3) is 0 Å². The van der Waals surface area contributed by atoms with Gasteiger partial charge in [-0.3, -0.25) is 0 Å². The SMILES string of the molecule is CCNC1CCC(N(C)CC(C)C)C1. The van der Waals surface area contributed by atoms with Gasteiger partial charge in [0.05, 0.1) is 0 Å².